The van der Waals surface area contributed by atoms with Gasteiger partial charge in [0.15, 0.2) is 0 Å². The van der Waals surface area contributed by atoms with E-state index in [1.165, 1.54) is 32.4 Å². The van der Waals surface area contributed by atoms with E-state index in [0.29, 0.717) is 43.6 Å². The second-order valence-electron chi connectivity index (χ2n) is 8.01. The number of hydrogen-bond donors (Lipinski definition) is 1. The molecule has 5 nitrogen and oxygen atoms in total. The van der Waals surface area contributed by atoms with Crippen LogP contribution in [0.15, 0.2) is 24.3 Å². The highest BCUT2D eigenvalue weighted by Crippen LogP contribution is 2.31. The Balaban J connectivity index is 1.25. The topological polar surface area (TPSA) is 53.0 Å². The third kappa shape index (κ3) is 4.04. The Labute approximate surface area is 155 Å². The van der Waals surface area contributed by atoms with Crippen molar-refractivity contribution in [3.63, 3.8) is 0 Å². The van der Waals surface area contributed by atoms with E-state index in [9.17, 15) is 9.90 Å². The van der Waals surface area contributed by atoms with Crippen LogP contribution in [0.1, 0.15) is 55.3 Å². The summed E-state index contributed by atoms with van der Waals surface area (Å²) in [5.74, 6) is 0.912. The van der Waals surface area contributed by atoms with Crippen LogP contribution in [-0.2, 0) is 0 Å². The van der Waals surface area contributed by atoms with E-state index in [0.717, 1.165) is 18.6 Å². The molecule has 5 heteroatoms. The van der Waals surface area contributed by atoms with Crippen molar-refractivity contribution in [2.24, 2.45) is 0 Å². The Morgan fingerprint density at radius 1 is 0.962 bits per heavy atom. The molecule has 3 fully saturated rings. The molecular formula is C21H30N2O3. The number of likely N-dealkylation sites (tertiary alicyclic amines) is 2. The van der Waals surface area contributed by atoms with E-state index < -0.39 is 0 Å². The third-order valence-corrected chi connectivity index (χ3v) is 6.13. The summed E-state index contributed by atoms with van der Waals surface area (Å²) < 4.78 is 6.08. The zero-order valence-corrected chi connectivity index (χ0v) is 15.5. The van der Waals surface area contributed by atoms with E-state index in [-0.39, 0.29) is 12.0 Å². The Morgan fingerprint density at radius 2 is 1.62 bits per heavy atom. The molecule has 0 aromatic heterocycles. The molecule has 0 radical (unpaired) electrons. The summed E-state index contributed by atoms with van der Waals surface area (Å²) in [5, 5.41) is 9.57. The van der Waals surface area contributed by atoms with Gasteiger partial charge in [-0.1, -0.05) is 6.42 Å². The summed E-state index contributed by atoms with van der Waals surface area (Å²) in [4.78, 5) is 17.0. The van der Waals surface area contributed by atoms with Gasteiger partial charge >= 0.3 is 0 Å². The molecule has 0 spiro atoms. The van der Waals surface area contributed by atoms with Crippen molar-refractivity contribution in [2.45, 2.75) is 63.2 Å². The molecule has 1 aromatic carbocycles. The highest BCUT2D eigenvalue weighted by Gasteiger charge is 2.35. The molecule has 1 amide bonds. The lowest BCUT2D eigenvalue weighted by molar-refractivity contribution is 0.00892. The number of rotatable bonds is 4. The van der Waals surface area contributed by atoms with Crippen LogP contribution in [-0.4, -0.2) is 65.2 Å². The molecule has 2 aliphatic heterocycles. The predicted molar refractivity (Wildman–Crippen MR) is 100 cm³/mol. The minimum Gasteiger partial charge on any atom is -0.490 e. The van der Waals surface area contributed by atoms with Crippen molar-refractivity contribution >= 4 is 5.91 Å². The summed E-state index contributed by atoms with van der Waals surface area (Å²) in [6, 6.07) is 8.27. The Morgan fingerprint density at radius 3 is 2.27 bits per heavy atom. The van der Waals surface area contributed by atoms with Gasteiger partial charge in [0.05, 0.1) is 6.10 Å². The number of aliphatic hydroxyl groups is 1. The van der Waals surface area contributed by atoms with Gasteiger partial charge in [0.2, 0.25) is 0 Å². The van der Waals surface area contributed by atoms with Crippen LogP contribution in [0.3, 0.4) is 0 Å². The smallest absolute Gasteiger partial charge is 0.253 e. The highest BCUT2D eigenvalue weighted by atomic mass is 16.5. The average Bonchev–Trinajstić information content (AvgIpc) is 2.65. The van der Waals surface area contributed by atoms with Gasteiger partial charge in [0, 0.05) is 37.5 Å². The molecule has 1 saturated carbocycles. The molecule has 142 valence electrons. The molecule has 26 heavy (non-hydrogen) atoms. The standard InChI is InChI=1S/C21H30N2O3/c24-18-8-12-23(13-9-18)21(25)16-4-6-19(7-5-16)26-20-14-17(15-20)22-10-2-1-3-11-22/h4-7,17-18,20,24H,1-3,8-15H2. The molecule has 0 bridgehead atoms. The van der Waals surface area contributed by atoms with Crippen LogP contribution in [0, 0.1) is 0 Å². The Hall–Kier alpha value is -1.59. The zero-order valence-electron chi connectivity index (χ0n) is 15.5. The van der Waals surface area contributed by atoms with E-state index in [1.807, 2.05) is 29.2 Å². The lowest BCUT2D eigenvalue weighted by atomic mass is 9.86. The zero-order chi connectivity index (χ0) is 17.9. The van der Waals surface area contributed by atoms with Crippen LogP contribution >= 0.6 is 0 Å². The predicted octanol–water partition coefficient (Wildman–Crippen LogP) is 2.68. The summed E-state index contributed by atoms with van der Waals surface area (Å²) in [6.45, 7) is 3.78. The number of carbonyl (C=O) groups excluding carboxylic acids is 1. The maximum absolute atomic E-state index is 12.5. The van der Waals surface area contributed by atoms with Gasteiger partial charge in [0.25, 0.3) is 5.91 Å². The normalized spacial score (nSPS) is 27.8. The number of ether oxygens (including phenoxy) is 1. The van der Waals surface area contributed by atoms with E-state index in [1.54, 1.807) is 0 Å². The molecule has 0 atom stereocenters. The van der Waals surface area contributed by atoms with Crippen molar-refractivity contribution < 1.29 is 14.6 Å². The second kappa shape index (κ2) is 7.97. The first-order valence-corrected chi connectivity index (χ1v) is 10.2. The summed E-state index contributed by atoms with van der Waals surface area (Å²) in [6.07, 6.45) is 7.71. The van der Waals surface area contributed by atoms with Crippen LogP contribution in [0.25, 0.3) is 0 Å². The molecule has 3 aliphatic rings. The summed E-state index contributed by atoms with van der Waals surface area (Å²) in [7, 11) is 0. The number of aliphatic hydroxyl groups excluding tert-OH is 1. The molecular weight excluding hydrogens is 328 g/mol. The first kappa shape index (κ1) is 17.8. The number of benzene rings is 1. The number of nitrogens with zero attached hydrogens (tertiary/aromatic N) is 2. The van der Waals surface area contributed by atoms with Gasteiger partial charge in [-0.15, -0.1) is 0 Å². The average molecular weight is 358 g/mol. The van der Waals surface area contributed by atoms with Gasteiger partial charge in [-0.2, -0.15) is 0 Å². The fourth-order valence-corrected chi connectivity index (χ4v) is 4.34. The van der Waals surface area contributed by atoms with Crippen molar-refractivity contribution in [1.29, 1.82) is 0 Å². The Kier molecular flexibility index (Phi) is 5.46. The first-order chi connectivity index (χ1) is 12.7. The van der Waals surface area contributed by atoms with E-state index in [4.69, 9.17) is 4.74 Å². The van der Waals surface area contributed by atoms with Crippen LogP contribution < -0.4 is 4.74 Å². The number of hydrogen-bond acceptors (Lipinski definition) is 4. The minimum atomic E-state index is -0.258. The molecule has 1 aliphatic carbocycles. The SMILES string of the molecule is O=C(c1ccc(OC2CC(N3CCCCC3)C2)cc1)N1CCC(O)CC1. The van der Waals surface area contributed by atoms with Gasteiger partial charge < -0.3 is 19.6 Å². The molecule has 1 N–H and O–H groups in total. The summed E-state index contributed by atoms with van der Waals surface area (Å²) in [5.41, 5.74) is 0.702. The highest BCUT2D eigenvalue weighted by molar-refractivity contribution is 5.94. The number of carbonyl (C=O) groups is 1. The van der Waals surface area contributed by atoms with Crippen molar-refractivity contribution in [1.82, 2.24) is 9.80 Å². The molecule has 1 aromatic rings. The minimum absolute atomic E-state index is 0.0530. The summed E-state index contributed by atoms with van der Waals surface area (Å²) >= 11 is 0. The van der Waals surface area contributed by atoms with Gasteiger partial charge in [-0.05, 0) is 63.0 Å². The largest absolute Gasteiger partial charge is 0.490 e. The van der Waals surface area contributed by atoms with Gasteiger partial charge in [0.1, 0.15) is 11.9 Å². The first-order valence-electron chi connectivity index (χ1n) is 10.2. The van der Waals surface area contributed by atoms with Crippen molar-refractivity contribution in [3.05, 3.63) is 29.8 Å². The maximum atomic E-state index is 12.5. The monoisotopic (exact) mass is 358 g/mol. The van der Waals surface area contributed by atoms with Crippen LogP contribution in [0.4, 0.5) is 0 Å². The third-order valence-electron chi connectivity index (χ3n) is 6.13. The van der Waals surface area contributed by atoms with Crippen LogP contribution in [0.2, 0.25) is 0 Å². The number of amides is 1. The molecule has 2 saturated heterocycles. The molecule has 0 unspecified atom stereocenters. The van der Waals surface area contributed by atoms with Crippen molar-refractivity contribution in [3.8, 4) is 5.75 Å². The lowest BCUT2D eigenvalue weighted by Gasteiger charge is -2.44. The van der Waals surface area contributed by atoms with E-state index >= 15 is 0 Å². The van der Waals surface area contributed by atoms with Crippen molar-refractivity contribution in [2.75, 3.05) is 26.2 Å². The van der Waals surface area contributed by atoms with E-state index in [2.05, 4.69) is 4.90 Å². The van der Waals surface area contributed by atoms with Crippen LogP contribution in [0.5, 0.6) is 5.75 Å². The quantitative estimate of drug-likeness (QED) is 0.899. The second-order valence-corrected chi connectivity index (χ2v) is 8.01. The van der Waals surface area contributed by atoms with Gasteiger partial charge in [-0.3, -0.25) is 4.79 Å². The molecule has 4 rings (SSSR count). The molecule has 2 heterocycles. The lowest BCUT2D eigenvalue weighted by Crippen LogP contribution is -2.50. The number of piperidine rings is 2. The fourth-order valence-electron chi connectivity index (χ4n) is 4.34. The van der Waals surface area contributed by atoms with Gasteiger partial charge in [-0.25, -0.2) is 0 Å². The Bertz CT molecular complexity index is 598. The fraction of sp³-hybridized carbons (Fsp3) is 0.667. The maximum Gasteiger partial charge on any atom is 0.253 e.